The van der Waals surface area contributed by atoms with Gasteiger partial charge in [-0.15, -0.1) is 0 Å². The van der Waals surface area contributed by atoms with Crippen LogP contribution in [0.4, 0.5) is 0 Å². The fourth-order valence-corrected chi connectivity index (χ4v) is 2.36. The Balaban J connectivity index is 2.19. The van der Waals surface area contributed by atoms with E-state index in [0.717, 1.165) is 35.1 Å². The number of ether oxygens (including phenoxy) is 2. The van der Waals surface area contributed by atoms with Gasteiger partial charge in [-0.3, -0.25) is 0 Å². The van der Waals surface area contributed by atoms with Crippen molar-refractivity contribution in [3.8, 4) is 5.75 Å². The van der Waals surface area contributed by atoms with Crippen LogP contribution in [0.1, 0.15) is 31.4 Å². The van der Waals surface area contributed by atoms with Crippen molar-refractivity contribution >= 4 is 11.6 Å². The quantitative estimate of drug-likeness (QED) is 0.712. The van der Waals surface area contributed by atoms with Crippen LogP contribution in [0.25, 0.3) is 0 Å². The molecule has 0 radical (unpaired) electrons. The van der Waals surface area contributed by atoms with E-state index in [-0.39, 0.29) is 0 Å². The van der Waals surface area contributed by atoms with Gasteiger partial charge in [0.2, 0.25) is 0 Å². The summed E-state index contributed by atoms with van der Waals surface area (Å²) < 4.78 is 11.3. The van der Waals surface area contributed by atoms with Gasteiger partial charge >= 0.3 is 0 Å². The van der Waals surface area contributed by atoms with Gasteiger partial charge in [0.1, 0.15) is 12.4 Å². The van der Waals surface area contributed by atoms with Crippen molar-refractivity contribution in [2.75, 3.05) is 26.4 Å². The molecule has 20 heavy (non-hydrogen) atoms. The Morgan fingerprint density at radius 3 is 2.40 bits per heavy atom. The lowest BCUT2D eigenvalue weighted by Gasteiger charge is -2.13. The lowest BCUT2D eigenvalue weighted by molar-refractivity contribution is -0.687. The third-order valence-corrected chi connectivity index (χ3v) is 3.59. The van der Waals surface area contributed by atoms with Crippen LogP contribution in [0, 0.1) is 13.8 Å². The Bertz CT molecular complexity index is 386. The second kappa shape index (κ2) is 9.22. The molecule has 1 atom stereocenters. The molecule has 0 aliphatic rings. The van der Waals surface area contributed by atoms with E-state index < -0.39 is 0 Å². The highest BCUT2D eigenvalue weighted by atomic mass is 35.5. The van der Waals surface area contributed by atoms with E-state index >= 15 is 0 Å². The van der Waals surface area contributed by atoms with Crippen LogP contribution in [-0.2, 0) is 4.74 Å². The normalized spacial score (nSPS) is 12.4. The zero-order valence-electron chi connectivity index (χ0n) is 13.0. The van der Waals surface area contributed by atoms with Gasteiger partial charge in [0.05, 0.1) is 25.8 Å². The zero-order chi connectivity index (χ0) is 15.0. The van der Waals surface area contributed by atoms with E-state index in [1.807, 2.05) is 26.0 Å². The van der Waals surface area contributed by atoms with Crippen molar-refractivity contribution in [2.24, 2.45) is 0 Å². The van der Waals surface area contributed by atoms with E-state index in [9.17, 15) is 0 Å². The molecule has 0 saturated carbocycles. The predicted octanol–water partition coefficient (Wildman–Crippen LogP) is 2.71. The summed E-state index contributed by atoms with van der Waals surface area (Å²) in [6.45, 7) is 11.4. The van der Waals surface area contributed by atoms with Crippen molar-refractivity contribution in [3.63, 3.8) is 0 Å². The molecule has 0 aromatic heterocycles. The molecule has 1 rings (SSSR count). The molecule has 0 spiro atoms. The van der Waals surface area contributed by atoms with Gasteiger partial charge < -0.3 is 14.8 Å². The summed E-state index contributed by atoms with van der Waals surface area (Å²) in [4.78, 5) is 0. The van der Waals surface area contributed by atoms with Gasteiger partial charge in [0.25, 0.3) is 0 Å². The molecule has 0 heterocycles. The van der Waals surface area contributed by atoms with Crippen LogP contribution >= 0.6 is 11.6 Å². The van der Waals surface area contributed by atoms with Gasteiger partial charge in [-0.05, 0) is 50.5 Å². The highest BCUT2D eigenvalue weighted by molar-refractivity contribution is 6.30. The number of nitrogens with two attached hydrogens (primary N) is 1. The summed E-state index contributed by atoms with van der Waals surface area (Å²) in [5.41, 5.74) is 2.14. The number of aryl methyl sites for hydroxylation is 2. The van der Waals surface area contributed by atoms with E-state index in [0.29, 0.717) is 19.3 Å². The van der Waals surface area contributed by atoms with Crippen LogP contribution in [0.2, 0.25) is 5.02 Å². The van der Waals surface area contributed by atoms with E-state index in [1.54, 1.807) is 0 Å². The molecule has 3 nitrogen and oxygen atoms in total. The average Bonchev–Trinajstić information content (AvgIpc) is 2.39. The highest BCUT2D eigenvalue weighted by Crippen LogP contribution is 2.26. The molecular weight excluding hydrogens is 274 g/mol. The maximum Gasteiger partial charge on any atom is 0.125 e. The fraction of sp³-hybridized carbons (Fsp3) is 0.625. The number of hydrogen-bond donors (Lipinski definition) is 1. The Morgan fingerprint density at radius 2 is 1.80 bits per heavy atom. The first-order valence-electron chi connectivity index (χ1n) is 7.35. The number of halogens is 1. The molecule has 114 valence electrons. The Kier molecular flexibility index (Phi) is 7.97. The minimum atomic E-state index is 0.576. The van der Waals surface area contributed by atoms with Crippen LogP contribution in [-0.4, -0.2) is 32.4 Å². The highest BCUT2D eigenvalue weighted by Gasteiger charge is 2.05. The molecular formula is C16H27ClNO2+. The molecule has 0 unspecified atom stereocenters. The zero-order valence-corrected chi connectivity index (χ0v) is 13.8. The molecule has 2 N–H and O–H groups in total. The molecule has 4 heteroatoms. The third kappa shape index (κ3) is 6.12. The number of benzene rings is 1. The van der Waals surface area contributed by atoms with E-state index in [2.05, 4.69) is 19.2 Å². The maximum absolute atomic E-state index is 5.99. The SMILES string of the molecule is CC[C@H](C)[NH2+]CCOCCOc1c(C)cc(Cl)cc1C. The molecule has 0 bridgehead atoms. The van der Waals surface area contributed by atoms with Crippen LogP contribution < -0.4 is 10.1 Å². The van der Waals surface area contributed by atoms with Crippen molar-refractivity contribution < 1.29 is 14.8 Å². The van der Waals surface area contributed by atoms with E-state index in [1.165, 1.54) is 6.42 Å². The first-order valence-corrected chi connectivity index (χ1v) is 7.73. The smallest absolute Gasteiger partial charge is 0.125 e. The monoisotopic (exact) mass is 300 g/mol. The van der Waals surface area contributed by atoms with Crippen LogP contribution in [0.15, 0.2) is 12.1 Å². The summed E-state index contributed by atoms with van der Waals surface area (Å²) >= 11 is 5.99. The van der Waals surface area contributed by atoms with Crippen molar-refractivity contribution in [3.05, 3.63) is 28.3 Å². The standard InChI is InChI=1S/C16H26ClNO2/c1-5-14(4)18-6-7-19-8-9-20-16-12(2)10-15(17)11-13(16)3/h10-11,14,18H,5-9H2,1-4H3/p+1/t14-/m0/s1. The largest absolute Gasteiger partial charge is 0.491 e. The summed E-state index contributed by atoms with van der Waals surface area (Å²) in [5, 5.41) is 3.07. The van der Waals surface area contributed by atoms with Crippen molar-refractivity contribution in [1.29, 1.82) is 0 Å². The summed E-state index contributed by atoms with van der Waals surface area (Å²) in [6.07, 6.45) is 1.19. The van der Waals surface area contributed by atoms with Gasteiger partial charge in [0, 0.05) is 5.02 Å². The first-order chi connectivity index (χ1) is 9.54. The molecule has 0 amide bonds. The van der Waals surface area contributed by atoms with E-state index in [4.69, 9.17) is 21.1 Å². The fourth-order valence-electron chi connectivity index (χ4n) is 2.03. The third-order valence-electron chi connectivity index (χ3n) is 3.37. The maximum atomic E-state index is 5.99. The van der Waals surface area contributed by atoms with Crippen molar-refractivity contribution in [2.45, 2.75) is 40.2 Å². The molecule has 0 aliphatic heterocycles. The number of hydrogen-bond acceptors (Lipinski definition) is 2. The minimum Gasteiger partial charge on any atom is -0.491 e. The van der Waals surface area contributed by atoms with Crippen LogP contribution in [0.3, 0.4) is 0 Å². The number of rotatable bonds is 9. The minimum absolute atomic E-state index is 0.576. The molecule has 0 saturated heterocycles. The second-order valence-corrected chi connectivity index (χ2v) is 5.68. The number of quaternary nitrogens is 1. The molecule has 1 aromatic carbocycles. The predicted molar refractivity (Wildman–Crippen MR) is 83.8 cm³/mol. The van der Waals surface area contributed by atoms with Gasteiger partial charge in [-0.25, -0.2) is 0 Å². The lowest BCUT2D eigenvalue weighted by Crippen LogP contribution is -2.90. The lowest BCUT2D eigenvalue weighted by atomic mass is 10.1. The molecule has 0 aliphatic carbocycles. The Labute approximate surface area is 127 Å². The van der Waals surface area contributed by atoms with Crippen molar-refractivity contribution in [1.82, 2.24) is 0 Å². The first kappa shape index (κ1) is 17.3. The molecule has 1 aromatic rings. The second-order valence-electron chi connectivity index (χ2n) is 5.24. The van der Waals surface area contributed by atoms with Gasteiger partial charge in [-0.2, -0.15) is 0 Å². The van der Waals surface area contributed by atoms with Crippen LogP contribution in [0.5, 0.6) is 5.75 Å². The topological polar surface area (TPSA) is 35.1 Å². The average molecular weight is 301 g/mol. The summed E-state index contributed by atoms with van der Waals surface area (Å²) in [7, 11) is 0. The van der Waals surface area contributed by atoms with Gasteiger partial charge in [0.15, 0.2) is 0 Å². The molecule has 0 fully saturated rings. The Morgan fingerprint density at radius 1 is 1.15 bits per heavy atom. The Hall–Kier alpha value is -0.770. The van der Waals surface area contributed by atoms with Gasteiger partial charge in [-0.1, -0.05) is 18.5 Å². The summed E-state index contributed by atoms with van der Waals surface area (Å²) in [6, 6.07) is 4.52. The summed E-state index contributed by atoms with van der Waals surface area (Å²) in [5.74, 6) is 0.921.